The topological polar surface area (TPSA) is 152 Å². The highest BCUT2D eigenvalue weighted by Crippen LogP contribution is 2.35. The minimum absolute atomic E-state index is 0.0573. The van der Waals surface area contributed by atoms with E-state index in [9.17, 15) is 24.3 Å². The van der Waals surface area contributed by atoms with Crippen molar-refractivity contribution in [2.45, 2.75) is 83.3 Å². The SMILES string of the molecule is CCN=C(N)c1c(O)n(CC2CCCC2)c(=O)n(C2CCC(CC(C(=O)N(C)C=O)N(C)CC3COC3)CC2)c1=O. The summed E-state index contributed by atoms with van der Waals surface area (Å²) in [5, 5.41) is 11.0. The number of amidine groups is 1. The van der Waals surface area contributed by atoms with Crippen molar-refractivity contribution in [3.63, 3.8) is 0 Å². The average Bonchev–Trinajstić information content (AvgIpc) is 3.45. The largest absolute Gasteiger partial charge is 0.494 e. The van der Waals surface area contributed by atoms with Crippen LogP contribution < -0.4 is 17.0 Å². The van der Waals surface area contributed by atoms with E-state index >= 15 is 0 Å². The summed E-state index contributed by atoms with van der Waals surface area (Å²) in [5.74, 6) is 0.147. The van der Waals surface area contributed by atoms with Crippen LogP contribution in [-0.4, -0.2) is 88.6 Å². The highest BCUT2D eigenvalue weighted by atomic mass is 16.5. The molecular formula is C29H46N6O6. The Morgan fingerprint density at radius 2 is 1.76 bits per heavy atom. The first-order chi connectivity index (χ1) is 19.7. The quantitative estimate of drug-likeness (QED) is 0.215. The molecule has 2 saturated carbocycles. The van der Waals surface area contributed by atoms with Gasteiger partial charge in [-0.2, -0.15) is 0 Å². The molecule has 3 fully saturated rings. The summed E-state index contributed by atoms with van der Waals surface area (Å²) in [6.07, 6.45) is 7.89. The van der Waals surface area contributed by atoms with E-state index in [1.165, 1.54) is 16.2 Å². The van der Waals surface area contributed by atoms with Crippen LogP contribution in [-0.2, 0) is 20.9 Å². The zero-order valence-corrected chi connectivity index (χ0v) is 24.7. The lowest BCUT2D eigenvalue weighted by Gasteiger charge is -2.37. The molecule has 41 heavy (non-hydrogen) atoms. The number of imide groups is 1. The van der Waals surface area contributed by atoms with Gasteiger partial charge in [-0.15, -0.1) is 0 Å². The molecule has 3 N–H and O–H groups in total. The van der Waals surface area contributed by atoms with Crippen LogP contribution in [0, 0.1) is 17.8 Å². The first kappa shape index (κ1) is 31.0. The molecule has 1 atom stereocenters. The minimum Gasteiger partial charge on any atom is -0.494 e. The lowest BCUT2D eigenvalue weighted by molar-refractivity contribution is -0.142. The van der Waals surface area contributed by atoms with Gasteiger partial charge in [0.25, 0.3) is 5.56 Å². The number of aromatic hydroxyl groups is 1. The molecular weight excluding hydrogens is 528 g/mol. The fraction of sp³-hybridized carbons (Fsp3) is 0.759. The van der Waals surface area contributed by atoms with Gasteiger partial charge in [-0.3, -0.25) is 38.3 Å². The normalized spacial score (nSPS) is 23.0. The van der Waals surface area contributed by atoms with E-state index in [0.717, 1.165) is 43.4 Å². The number of nitrogens with two attached hydrogens (primary N) is 1. The zero-order chi connectivity index (χ0) is 29.7. The van der Waals surface area contributed by atoms with Crippen molar-refractivity contribution >= 4 is 18.2 Å². The van der Waals surface area contributed by atoms with Gasteiger partial charge in [-0.05, 0) is 70.8 Å². The standard InChI is InChI=1S/C29H46N6O6/c1-4-31-25(30)24-27(38)34(15-20-7-5-6-8-20)29(40)35(28(24)39)22-11-9-19(10-12-22)13-23(26(37)33(3)18-36)32(2)14-21-16-41-17-21/h18-23,38H,4-17H2,1-3H3,(H2,30,31). The third-order valence-corrected chi connectivity index (χ3v) is 9.16. The first-order valence-corrected chi connectivity index (χ1v) is 15.0. The molecule has 1 unspecified atom stereocenters. The van der Waals surface area contributed by atoms with E-state index in [4.69, 9.17) is 10.5 Å². The summed E-state index contributed by atoms with van der Waals surface area (Å²) in [5.41, 5.74) is 4.94. The molecule has 2 aliphatic carbocycles. The zero-order valence-electron chi connectivity index (χ0n) is 24.7. The number of nitrogens with zero attached hydrogens (tertiary/aromatic N) is 5. The monoisotopic (exact) mass is 574 g/mol. The third kappa shape index (κ3) is 6.91. The number of ether oxygens (including phenoxy) is 1. The Kier molecular flexibility index (Phi) is 10.4. The number of hydrogen-bond donors (Lipinski definition) is 2. The maximum absolute atomic E-state index is 13.7. The van der Waals surface area contributed by atoms with Gasteiger partial charge in [0.15, 0.2) is 0 Å². The fourth-order valence-corrected chi connectivity index (χ4v) is 6.71. The van der Waals surface area contributed by atoms with Crippen molar-refractivity contribution < 1.29 is 19.4 Å². The number of amides is 2. The highest BCUT2D eigenvalue weighted by Gasteiger charge is 2.35. The number of carbonyl (C=O) groups excluding carboxylic acids is 2. The molecule has 1 saturated heterocycles. The Morgan fingerprint density at radius 3 is 2.32 bits per heavy atom. The summed E-state index contributed by atoms with van der Waals surface area (Å²) in [7, 11) is 3.40. The van der Waals surface area contributed by atoms with Gasteiger partial charge >= 0.3 is 5.69 Å². The van der Waals surface area contributed by atoms with Gasteiger partial charge < -0.3 is 15.6 Å². The van der Waals surface area contributed by atoms with E-state index in [2.05, 4.69) is 4.99 Å². The van der Waals surface area contributed by atoms with Gasteiger partial charge in [-0.25, -0.2) is 4.79 Å². The molecule has 228 valence electrons. The summed E-state index contributed by atoms with van der Waals surface area (Å²) >= 11 is 0. The van der Waals surface area contributed by atoms with E-state index in [1.54, 1.807) is 6.92 Å². The van der Waals surface area contributed by atoms with Crippen LogP contribution in [0.4, 0.5) is 0 Å². The number of aliphatic imine (C=N–C) groups is 1. The van der Waals surface area contributed by atoms with Crippen LogP contribution in [0.25, 0.3) is 0 Å². The van der Waals surface area contributed by atoms with Crippen LogP contribution >= 0.6 is 0 Å². The Hall–Kier alpha value is -2.99. The van der Waals surface area contributed by atoms with Crippen molar-refractivity contribution in [1.82, 2.24) is 18.9 Å². The second kappa shape index (κ2) is 13.8. The van der Waals surface area contributed by atoms with Crippen molar-refractivity contribution in [2.24, 2.45) is 28.5 Å². The molecule has 12 heteroatoms. The summed E-state index contributed by atoms with van der Waals surface area (Å²) in [4.78, 5) is 59.1. The van der Waals surface area contributed by atoms with Gasteiger partial charge in [0, 0.05) is 38.6 Å². The molecule has 4 rings (SSSR count). The lowest BCUT2D eigenvalue weighted by atomic mass is 9.81. The molecule has 3 aliphatic rings. The van der Waals surface area contributed by atoms with Crippen LogP contribution in [0.1, 0.15) is 76.3 Å². The first-order valence-electron chi connectivity index (χ1n) is 15.0. The summed E-state index contributed by atoms with van der Waals surface area (Å²) in [6, 6.07) is -0.782. The van der Waals surface area contributed by atoms with Crippen LogP contribution in [0.5, 0.6) is 5.88 Å². The second-order valence-electron chi connectivity index (χ2n) is 12.1. The molecule has 0 radical (unpaired) electrons. The van der Waals surface area contributed by atoms with Crippen LogP contribution in [0.15, 0.2) is 14.6 Å². The minimum atomic E-state index is -0.601. The van der Waals surface area contributed by atoms with Crippen molar-refractivity contribution in [1.29, 1.82) is 0 Å². The second-order valence-corrected chi connectivity index (χ2v) is 12.1. The molecule has 2 heterocycles. The van der Waals surface area contributed by atoms with E-state index in [0.29, 0.717) is 64.4 Å². The van der Waals surface area contributed by atoms with E-state index in [1.807, 2.05) is 11.9 Å². The molecule has 2 amide bonds. The maximum atomic E-state index is 13.7. The molecule has 1 aromatic rings. The van der Waals surface area contributed by atoms with E-state index in [-0.39, 0.29) is 35.2 Å². The highest BCUT2D eigenvalue weighted by molar-refractivity contribution is 5.99. The Balaban J connectivity index is 1.55. The molecule has 0 aromatic carbocycles. The molecule has 1 aliphatic heterocycles. The number of carbonyl (C=O) groups is 2. The Labute approximate surface area is 241 Å². The smallest absolute Gasteiger partial charge is 0.334 e. The summed E-state index contributed by atoms with van der Waals surface area (Å²) in [6.45, 7) is 4.55. The van der Waals surface area contributed by atoms with Crippen molar-refractivity contribution in [3.05, 3.63) is 26.4 Å². The van der Waals surface area contributed by atoms with Crippen molar-refractivity contribution in [3.8, 4) is 5.88 Å². The van der Waals surface area contributed by atoms with Gasteiger partial charge in [0.1, 0.15) is 11.4 Å². The average molecular weight is 575 g/mol. The maximum Gasteiger partial charge on any atom is 0.334 e. The van der Waals surface area contributed by atoms with Gasteiger partial charge in [0.2, 0.25) is 18.2 Å². The van der Waals surface area contributed by atoms with Gasteiger partial charge in [-0.1, -0.05) is 12.8 Å². The lowest BCUT2D eigenvalue weighted by Crippen LogP contribution is -2.50. The van der Waals surface area contributed by atoms with Crippen LogP contribution in [0.2, 0.25) is 0 Å². The van der Waals surface area contributed by atoms with E-state index < -0.39 is 23.2 Å². The predicted octanol–water partition coefficient (Wildman–Crippen LogP) is 1.31. The van der Waals surface area contributed by atoms with Gasteiger partial charge in [0.05, 0.1) is 19.3 Å². The molecule has 0 spiro atoms. The molecule has 0 bridgehead atoms. The van der Waals surface area contributed by atoms with Crippen LogP contribution in [0.3, 0.4) is 0 Å². The number of likely N-dealkylation sites (N-methyl/N-ethyl adjacent to an activating group) is 2. The van der Waals surface area contributed by atoms with Crippen molar-refractivity contribution in [2.75, 3.05) is 40.4 Å². The number of rotatable bonds is 12. The molecule has 1 aromatic heterocycles. The third-order valence-electron chi connectivity index (χ3n) is 9.16. The fourth-order valence-electron chi connectivity index (χ4n) is 6.71. The summed E-state index contributed by atoms with van der Waals surface area (Å²) < 4.78 is 7.89. The predicted molar refractivity (Wildman–Crippen MR) is 155 cm³/mol. The number of aromatic nitrogens is 2. The Morgan fingerprint density at radius 1 is 1.10 bits per heavy atom. The molecule has 12 nitrogen and oxygen atoms in total. The Bertz CT molecular complexity index is 1220. The number of hydrogen-bond acceptors (Lipinski definition) is 8.